The average molecular weight is 147 g/mol. The molecule has 0 fully saturated rings. The molecule has 2 rings (SSSR count). The molecule has 1 aliphatic rings. The van der Waals surface area contributed by atoms with Gasteiger partial charge < -0.3 is 0 Å². The molecular weight excluding hydrogens is 138 g/mol. The zero-order chi connectivity index (χ0) is 7.52. The first-order chi connectivity index (χ1) is 5.47. The lowest BCUT2D eigenvalue weighted by atomic mass is 10.1. The van der Waals surface area contributed by atoms with Crippen LogP contribution in [-0.4, -0.2) is 14.8 Å². The number of allylic oxidation sites excluding steroid dienone is 4. The normalized spacial score (nSPS) is 22.4. The fraction of sp³-hybridized carbons (Fsp3) is 0.250. The average Bonchev–Trinajstić information content (AvgIpc) is 2.58. The number of nitrogens with zero attached hydrogens (tertiary/aromatic N) is 3. The molecule has 1 atom stereocenters. The van der Waals surface area contributed by atoms with E-state index in [0.29, 0.717) is 6.04 Å². The third-order valence-corrected chi connectivity index (χ3v) is 1.73. The molecule has 1 aromatic heterocycles. The van der Waals surface area contributed by atoms with Crippen LogP contribution in [0.4, 0.5) is 0 Å². The second-order valence-corrected chi connectivity index (χ2v) is 2.49. The Kier molecular flexibility index (Phi) is 1.55. The van der Waals surface area contributed by atoms with E-state index in [4.69, 9.17) is 0 Å². The van der Waals surface area contributed by atoms with Crippen molar-refractivity contribution in [3.8, 4) is 0 Å². The van der Waals surface area contributed by atoms with Crippen molar-refractivity contribution in [2.24, 2.45) is 0 Å². The number of hydrogen-bond acceptors (Lipinski definition) is 2. The van der Waals surface area contributed by atoms with Gasteiger partial charge in [-0.15, -0.1) is 0 Å². The molecule has 0 bridgehead atoms. The molecule has 0 amide bonds. The Morgan fingerprint density at radius 2 is 2.36 bits per heavy atom. The predicted molar refractivity (Wildman–Crippen MR) is 42.0 cm³/mol. The summed E-state index contributed by atoms with van der Waals surface area (Å²) in [6.45, 7) is 0. The van der Waals surface area contributed by atoms with Gasteiger partial charge in [-0.3, -0.25) is 0 Å². The van der Waals surface area contributed by atoms with Crippen LogP contribution in [-0.2, 0) is 0 Å². The summed E-state index contributed by atoms with van der Waals surface area (Å²) in [5.41, 5.74) is 0. The Bertz CT molecular complexity index is 272. The van der Waals surface area contributed by atoms with E-state index in [9.17, 15) is 0 Å². The van der Waals surface area contributed by atoms with Crippen molar-refractivity contribution in [1.29, 1.82) is 0 Å². The van der Waals surface area contributed by atoms with E-state index in [2.05, 4.69) is 22.2 Å². The molecule has 3 heteroatoms. The quantitative estimate of drug-likeness (QED) is 0.600. The van der Waals surface area contributed by atoms with Gasteiger partial charge in [0.2, 0.25) is 0 Å². The lowest BCUT2D eigenvalue weighted by Crippen LogP contribution is -2.07. The monoisotopic (exact) mass is 147 g/mol. The molecule has 0 unspecified atom stereocenters. The summed E-state index contributed by atoms with van der Waals surface area (Å²) in [6.07, 6.45) is 12.7. The molecule has 0 spiro atoms. The lowest BCUT2D eigenvalue weighted by molar-refractivity contribution is 0.539. The maximum atomic E-state index is 4.06. The van der Waals surface area contributed by atoms with E-state index in [0.717, 1.165) is 6.42 Å². The van der Waals surface area contributed by atoms with Crippen molar-refractivity contribution in [2.75, 3.05) is 0 Å². The highest BCUT2D eigenvalue weighted by atomic mass is 15.3. The fourth-order valence-corrected chi connectivity index (χ4v) is 1.15. The molecule has 1 aliphatic carbocycles. The fourth-order valence-electron chi connectivity index (χ4n) is 1.15. The molecule has 11 heavy (non-hydrogen) atoms. The van der Waals surface area contributed by atoms with Crippen LogP contribution in [0.1, 0.15) is 12.5 Å². The van der Waals surface area contributed by atoms with Crippen molar-refractivity contribution < 1.29 is 0 Å². The molecule has 0 N–H and O–H groups in total. The Hall–Kier alpha value is -1.38. The van der Waals surface area contributed by atoms with E-state index in [1.54, 1.807) is 12.7 Å². The van der Waals surface area contributed by atoms with Crippen LogP contribution in [0.5, 0.6) is 0 Å². The second kappa shape index (κ2) is 2.70. The first-order valence-corrected chi connectivity index (χ1v) is 3.64. The van der Waals surface area contributed by atoms with Gasteiger partial charge in [0.15, 0.2) is 0 Å². The van der Waals surface area contributed by atoms with Crippen molar-refractivity contribution >= 4 is 0 Å². The summed E-state index contributed by atoms with van der Waals surface area (Å²) in [4.78, 5) is 3.89. The Morgan fingerprint density at radius 3 is 3.00 bits per heavy atom. The summed E-state index contributed by atoms with van der Waals surface area (Å²) >= 11 is 0. The summed E-state index contributed by atoms with van der Waals surface area (Å²) in [5.74, 6) is 0. The van der Waals surface area contributed by atoms with E-state index in [-0.39, 0.29) is 0 Å². The highest BCUT2D eigenvalue weighted by Crippen LogP contribution is 2.15. The lowest BCUT2D eigenvalue weighted by Gasteiger charge is -2.11. The van der Waals surface area contributed by atoms with E-state index >= 15 is 0 Å². The van der Waals surface area contributed by atoms with Crippen LogP contribution >= 0.6 is 0 Å². The Labute approximate surface area is 65.1 Å². The molecule has 56 valence electrons. The summed E-state index contributed by atoms with van der Waals surface area (Å²) in [6, 6.07) is 0.363. The maximum absolute atomic E-state index is 4.06. The molecular formula is C8H9N3. The van der Waals surface area contributed by atoms with Crippen LogP contribution < -0.4 is 0 Å². The van der Waals surface area contributed by atoms with Gasteiger partial charge >= 0.3 is 0 Å². The zero-order valence-electron chi connectivity index (χ0n) is 6.09. The van der Waals surface area contributed by atoms with Gasteiger partial charge in [0.25, 0.3) is 0 Å². The largest absolute Gasteiger partial charge is 0.246 e. The van der Waals surface area contributed by atoms with Crippen molar-refractivity contribution in [2.45, 2.75) is 12.5 Å². The van der Waals surface area contributed by atoms with Gasteiger partial charge in [-0.25, -0.2) is 9.67 Å². The standard InChI is InChI=1S/C8H9N3/c1-2-4-8(5-3-1)11-7-9-6-10-11/h1-4,6-8H,5H2/t8-/m1/s1. The Morgan fingerprint density at radius 1 is 1.36 bits per heavy atom. The minimum Gasteiger partial charge on any atom is -0.246 e. The zero-order valence-corrected chi connectivity index (χ0v) is 6.09. The van der Waals surface area contributed by atoms with Crippen LogP contribution in [0.25, 0.3) is 0 Å². The minimum atomic E-state index is 0.363. The van der Waals surface area contributed by atoms with E-state index < -0.39 is 0 Å². The smallest absolute Gasteiger partial charge is 0.137 e. The second-order valence-electron chi connectivity index (χ2n) is 2.49. The van der Waals surface area contributed by atoms with Gasteiger partial charge in [0, 0.05) is 0 Å². The molecule has 1 heterocycles. The van der Waals surface area contributed by atoms with Gasteiger partial charge in [-0.2, -0.15) is 5.10 Å². The van der Waals surface area contributed by atoms with Gasteiger partial charge in [0.05, 0.1) is 6.04 Å². The third kappa shape index (κ3) is 1.22. The first-order valence-electron chi connectivity index (χ1n) is 3.64. The minimum absolute atomic E-state index is 0.363. The summed E-state index contributed by atoms with van der Waals surface area (Å²) in [5, 5.41) is 4.06. The van der Waals surface area contributed by atoms with Crippen LogP contribution in [0.15, 0.2) is 37.0 Å². The van der Waals surface area contributed by atoms with Gasteiger partial charge in [-0.1, -0.05) is 24.3 Å². The van der Waals surface area contributed by atoms with Gasteiger partial charge in [-0.05, 0) is 6.42 Å². The van der Waals surface area contributed by atoms with E-state index in [1.165, 1.54) is 0 Å². The predicted octanol–water partition coefficient (Wildman–Crippen LogP) is 1.34. The summed E-state index contributed by atoms with van der Waals surface area (Å²) < 4.78 is 1.86. The SMILES string of the molecule is C1=CC[C@H](n2cncn2)C=C1. The third-order valence-electron chi connectivity index (χ3n) is 1.73. The highest BCUT2D eigenvalue weighted by Gasteiger charge is 2.06. The van der Waals surface area contributed by atoms with Crippen LogP contribution in [0.2, 0.25) is 0 Å². The van der Waals surface area contributed by atoms with Crippen molar-refractivity contribution in [3.63, 3.8) is 0 Å². The molecule has 3 nitrogen and oxygen atoms in total. The topological polar surface area (TPSA) is 30.7 Å². The molecule has 0 saturated heterocycles. The number of aromatic nitrogens is 3. The Balaban J connectivity index is 2.19. The van der Waals surface area contributed by atoms with Crippen molar-refractivity contribution in [3.05, 3.63) is 37.0 Å². The number of hydrogen-bond donors (Lipinski definition) is 0. The molecule has 0 aromatic carbocycles. The highest BCUT2D eigenvalue weighted by molar-refractivity contribution is 5.12. The van der Waals surface area contributed by atoms with Crippen LogP contribution in [0, 0.1) is 0 Å². The first kappa shape index (κ1) is 6.34. The summed E-state index contributed by atoms with van der Waals surface area (Å²) in [7, 11) is 0. The van der Waals surface area contributed by atoms with Gasteiger partial charge in [0.1, 0.15) is 12.7 Å². The van der Waals surface area contributed by atoms with Crippen LogP contribution in [0.3, 0.4) is 0 Å². The molecule has 0 saturated carbocycles. The van der Waals surface area contributed by atoms with Crippen molar-refractivity contribution in [1.82, 2.24) is 14.8 Å². The molecule has 0 radical (unpaired) electrons. The number of rotatable bonds is 1. The molecule has 1 aromatic rings. The maximum Gasteiger partial charge on any atom is 0.137 e. The van der Waals surface area contributed by atoms with E-state index in [1.807, 2.05) is 16.8 Å². The molecule has 0 aliphatic heterocycles.